The normalized spacial score (nSPS) is 17.7. The van der Waals surface area contributed by atoms with Crippen LogP contribution in [0.15, 0.2) is 36.4 Å². The number of pyridine rings is 1. The topological polar surface area (TPSA) is 41.1 Å². The Kier molecular flexibility index (Phi) is 3.36. The summed E-state index contributed by atoms with van der Waals surface area (Å²) in [6.07, 6.45) is 7.78. The van der Waals surface area contributed by atoms with E-state index in [1.54, 1.807) is 0 Å². The van der Waals surface area contributed by atoms with Crippen molar-refractivity contribution in [3.63, 3.8) is 0 Å². The molecule has 4 rings (SSSR count). The number of aromatic nitrogens is 2. The Morgan fingerprint density at radius 3 is 2.91 bits per heavy atom. The fraction of sp³-hybridized carbons (Fsp3) is 0.263. The van der Waals surface area contributed by atoms with Gasteiger partial charge >= 0.3 is 0 Å². The van der Waals surface area contributed by atoms with Crippen LogP contribution in [-0.2, 0) is 0 Å². The third-order valence-electron chi connectivity index (χ3n) is 4.72. The van der Waals surface area contributed by atoms with Crippen molar-refractivity contribution in [1.82, 2.24) is 9.38 Å². The van der Waals surface area contributed by atoms with Gasteiger partial charge in [-0.2, -0.15) is 5.26 Å². The van der Waals surface area contributed by atoms with E-state index in [0.29, 0.717) is 16.4 Å². The Bertz CT molecular complexity index is 991. The Morgan fingerprint density at radius 1 is 1.35 bits per heavy atom. The molecule has 3 nitrogen and oxygen atoms in total. The van der Waals surface area contributed by atoms with Gasteiger partial charge in [0.15, 0.2) is 5.65 Å². The highest BCUT2D eigenvalue weighted by atomic mass is 35.5. The lowest BCUT2D eigenvalue weighted by Crippen LogP contribution is -2.08. The van der Waals surface area contributed by atoms with E-state index in [9.17, 15) is 5.26 Å². The lowest BCUT2D eigenvalue weighted by atomic mass is 9.86. The highest BCUT2D eigenvalue weighted by Gasteiger charge is 2.24. The second-order valence-corrected chi connectivity index (χ2v) is 6.40. The van der Waals surface area contributed by atoms with Crippen molar-refractivity contribution in [3.05, 3.63) is 58.3 Å². The van der Waals surface area contributed by atoms with Gasteiger partial charge < -0.3 is 0 Å². The van der Waals surface area contributed by atoms with Crippen LogP contribution in [0.3, 0.4) is 0 Å². The molecule has 23 heavy (non-hydrogen) atoms. The number of para-hydroxylation sites is 2. The molecule has 3 aromatic rings. The van der Waals surface area contributed by atoms with Gasteiger partial charge in [0, 0.05) is 5.92 Å². The fourth-order valence-electron chi connectivity index (χ4n) is 3.59. The molecule has 1 atom stereocenters. The SMILES string of the molecule is Cc1c(C2C=CCCC2)c(Cl)n2c(nc3ccccc32)c1C#N. The van der Waals surface area contributed by atoms with E-state index in [1.807, 2.05) is 35.6 Å². The molecule has 2 aromatic heterocycles. The van der Waals surface area contributed by atoms with Crippen LogP contribution in [-0.4, -0.2) is 9.38 Å². The van der Waals surface area contributed by atoms with Crippen molar-refractivity contribution in [3.8, 4) is 6.07 Å². The molecule has 0 fully saturated rings. The Hall–Kier alpha value is -2.31. The molecule has 2 heterocycles. The van der Waals surface area contributed by atoms with Gasteiger partial charge in [-0.3, -0.25) is 4.40 Å². The lowest BCUT2D eigenvalue weighted by Gasteiger charge is -2.22. The van der Waals surface area contributed by atoms with E-state index in [4.69, 9.17) is 11.6 Å². The zero-order valence-corrected chi connectivity index (χ0v) is 13.6. The Morgan fingerprint density at radius 2 is 2.17 bits per heavy atom. The molecular formula is C19H16ClN3. The average molecular weight is 322 g/mol. The molecule has 4 heteroatoms. The molecule has 0 radical (unpaired) electrons. The van der Waals surface area contributed by atoms with Gasteiger partial charge in [0.25, 0.3) is 0 Å². The van der Waals surface area contributed by atoms with Crippen molar-refractivity contribution in [1.29, 1.82) is 5.26 Å². The van der Waals surface area contributed by atoms with Gasteiger partial charge in [0.05, 0.1) is 16.6 Å². The first-order chi connectivity index (χ1) is 11.2. The standard InChI is InChI=1S/C19H16ClN3/c1-12-14(11-21)19-22-15-9-5-6-10-16(15)23(19)18(20)17(12)13-7-3-2-4-8-13/h3,5-7,9-10,13H,2,4,8H2,1H3. The number of imidazole rings is 1. The van der Waals surface area contributed by atoms with Crippen LogP contribution in [0, 0.1) is 18.3 Å². The summed E-state index contributed by atoms with van der Waals surface area (Å²) in [5, 5.41) is 10.4. The van der Waals surface area contributed by atoms with Crippen LogP contribution in [0.2, 0.25) is 5.15 Å². The molecule has 0 spiro atoms. The van der Waals surface area contributed by atoms with E-state index in [-0.39, 0.29) is 5.92 Å². The van der Waals surface area contributed by atoms with Crippen molar-refractivity contribution in [2.24, 2.45) is 0 Å². The van der Waals surface area contributed by atoms with Gasteiger partial charge in [-0.15, -0.1) is 0 Å². The molecule has 1 aromatic carbocycles. The van der Waals surface area contributed by atoms with Crippen molar-refractivity contribution in [2.45, 2.75) is 32.1 Å². The quantitative estimate of drug-likeness (QED) is 0.459. The molecule has 0 bridgehead atoms. The summed E-state index contributed by atoms with van der Waals surface area (Å²) in [4.78, 5) is 4.63. The Labute approximate surface area is 139 Å². The second-order valence-electron chi connectivity index (χ2n) is 6.04. The van der Waals surface area contributed by atoms with Gasteiger partial charge in [0.1, 0.15) is 11.2 Å². The maximum Gasteiger partial charge on any atom is 0.157 e. The monoisotopic (exact) mass is 321 g/mol. The molecule has 1 aliphatic carbocycles. The van der Waals surface area contributed by atoms with Crippen LogP contribution in [0.4, 0.5) is 0 Å². The van der Waals surface area contributed by atoms with Crippen molar-refractivity contribution < 1.29 is 0 Å². The summed E-state index contributed by atoms with van der Waals surface area (Å²) in [5.41, 5.74) is 5.11. The third-order valence-corrected chi connectivity index (χ3v) is 5.09. The van der Waals surface area contributed by atoms with Crippen LogP contribution < -0.4 is 0 Å². The maximum absolute atomic E-state index is 9.69. The van der Waals surface area contributed by atoms with Crippen molar-refractivity contribution >= 4 is 28.3 Å². The fourth-order valence-corrected chi connectivity index (χ4v) is 4.04. The molecule has 0 N–H and O–H groups in total. The smallest absolute Gasteiger partial charge is 0.157 e. The summed E-state index contributed by atoms with van der Waals surface area (Å²) in [6, 6.07) is 10.2. The zero-order chi connectivity index (χ0) is 16.0. The highest BCUT2D eigenvalue weighted by Crippen LogP contribution is 2.38. The number of benzene rings is 1. The first kappa shape index (κ1) is 14.3. The van der Waals surface area contributed by atoms with Gasteiger partial charge in [-0.05, 0) is 49.4 Å². The summed E-state index contributed by atoms with van der Waals surface area (Å²) in [5.74, 6) is 0.272. The number of halogens is 1. The number of rotatable bonds is 1. The minimum atomic E-state index is 0.272. The first-order valence-corrected chi connectivity index (χ1v) is 8.26. The van der Waals surface area contributed by atoms with Gasteiger partial charge in [-0.1, -0.05) is 35.9 Å². The van der Waals surface area contributed by atoms with Crippen LogP contribution in [0.25, 0.3) is 16.7 Å². The third kappa shape index (κ3) is 2.06. The first-order valence-electron chi connectivity index (χ1n) is 7.88. The number of hydrogen-bond donors (Lipinski definition) is 0. The van der Waals surface area contributed by atoms with E-state index >= 15 is 0 Å². The van der Waals surface area contributed by atoms with Crippen LogP contribution in [0.5, 0.6) is 0 Å². The zero-order valence-electron chi connectivity index (χ0n) is 12.9. The summed E-state index contributed by atoms with van der Waals surface area (Å²) < 4.78 is 1.93. The molecule has 0 amide bonds. The van der Waals surface area contributed by atoms with Crippen LogP contribution in [0.1, 0.15) is 41.9 Å². The van der Waals surface area contributed by atoms with Gasteiger partial charge in [-0.25, -0.2) is 4.98 Å². The molecule has 0 aliphatic heterocycles. The number of nitriles is 1. The van der Waals surface area contributed by atoms with E-state index in [2.05, 4.69) is 23.2 Å². The van der Waals surface area contributed by atoms with Crippen LogP contribution >= 0.6 is 11.6 Å². The lowest BCUT2D eigenvalue weighted by molar-refractivity contribution is 0.649. The molecule has 114 valence electrons. The minimum Gasteiger partial charge on any atom is -0.281 e. The molecule has 1 unspecified atom stereocenters. The number of nitrogens with zero attached hydrogens (tertiary/aromatic N) is 3. The van der Waals surface area contributed by atoms with Crippen molar-refractivity contribution in [2.75, 3.05) is 0 Å². The number of hydrogen-bond acceptors (Lipinski definition) is 2. The molecule has 0 saturated carbocycles. The maximum atomic E-state index is 9.69. The molecule has 1 aliphatic rings. The average Bonchev–Trinajstić information content (AvgIpc) is 2.95. The number of fused-ring (bicyclic) bond motifs is 3. The molecule has 0 saturated heterocycles. The largest absolute Gasteiger partial charge is 0.281 e. The summed E-state index contributed by atoms with van der Waals surface area (Å²) in [7, 11) is 0. The van der Waals surface area contributed by atoms with E-state index in [1.165, 1.54) is 0 Å². The predicted octanol–water partition coefficient (Wildman–Crippen LogP) is 5.14. The summed E-state index contributed by atoms with van der Waals surface area (Å²) in [6.45, 7) is 1.99. The van der Waals surface area contributed by atoms with Gasteiger partial charge in [0.2, 0.25) is 0 Å². The molecular weight excluding hydrogens is 306 g/mol. The second kappa shape index (κ2) is 5.40. The van der Waals surface area contributed by atoms with E-state index < -0.39 is 0 Å². The predicted molar refractivity (Wildman–Crippen MR) is 92.9 cm³/mol. The minimum absolute atomic E-state index is 0.272. The summed E-state index contributed by atoms with van der Waals surface area (Å²) >= 11 is 6.81. The van der Waals surface area contributed by atoms with E-state index in [0.717, 1.165) is 41.4 Å². The Balaban J connectivity index is 2.15. The highest BCUT2D eigenvalue weighted by molar-refractivity contribution is 6.31. The number of allylic oxidation sites excluding steroid dienone is 2.